The number of rotatable bonds is 12. The largest absolute Gasteiger partial charge is 0.513 e. The average molecular weight is 524 g/mol. The van der Waals surface area contributed by atoms with Gasteiger partial charge in [0.2, 0.25) is 5.91 Å². The first kappa shape index (κ1) is 28.2. The molecule has 1 aliphatic heterocycles. The lowest BCUT2D eigenvalue weighted by Gasteiger charge is -2.27. The summed E-state index contributed by atoms with van der Waals surface area (Å²) in [6.07, 6.45) is 1.14. The topological polar surface area (TPSA) is 129 Å². The number of amides is 1. The summed E-state index contributed by atoms with van der Waals surface area (Å²) in [5.41, 5.74) is 2.10. The van der Waals surface area contributed by atoms with E-state index in [4.69, 9.17) is 14.2 Å². The van der Waals surface area contributed by atoms with Crippen LogP contribution in [-0.2, 0) is 20.9 Å². The van der Waals surface area contributed by atoms with Gasteiger partial charge in [-0.3, -0.25) is 14.9 Å². The van der Waals surface area contributed by atoms with Gasteiger partial charge in [-0.25, -0.2) is 4.79 Å². The molecular formula is C28H33N3O7. The van der Waals surface area contributed by atoms with Gasteiger partial charge in [-0.15, -0.1) is 0 Å². The van der Waals surface area contributed by atoms with Gasteiger partial charge in [-0.1, -0.05) is 48.5 Å². The molecule has 1 aliphatic rings. The van der Waals surface area contributed by atoms with Gasteiger partial charge >= 0.3 is 6.16 Å². The lowest BCUT2D eigenvalue weighted by atomic mass is 9.88. The fourth-order valence-corrected chi connectivity index (χ4v) is 4.16. The van der Waals surface area contributed by atoms with Crippen LogP contribution < -0.4 is 15.4 Å². The maximum absolute atomic E-state index is 12.6. The Morgan fingerprint density at radius 2 is 1.71 bits per heavy atom. The number of nitrogens with zero attached hydrogens (tertiary/aromatic N) is 1. The number of hydrogen-bond acceptors (Lipinski definition) is 8. The van der Waals surface area contributed by atoms with Crippen LogP contribution >= 0.6 is 0 Å². The first-order valence-corrected chi connectivity index (χ1v) is 12.5. The van der Waals surface area contributed by atoms with Crippen LogP contribution in [0.2, 0.25) is 0 Å². The maximum atomic E-state index is 12.6. The molecule has 0 aromatic heterocycles. The fraction of sp³-hybridized carbons (Fsp3) is 0.357. The van der Waals surface area contributed by atoms with Crippen molar-refractivity contribution in [3.05, 3.63) is 98.7 Å². The molecule has 1 heterocycles. The third-order valence-electron chi connectivity index (χ3n) is 5.94. The molecule has 1 unspecified atom stereocenters. The second-order valence-corrected chi connectivity index (χ2v) is 8.87. The minimum atomic E-state index is -0.997. The van der Waals surface area contributed by atoms with Gasteiger partial charge in [0, 0.05) is 19.0 Å². The van der Waals surface area contributed by atoms with Crippen molar-refractivity contribution >= 4 is 12.1 Å². The molecule has 0 bridgehead atoms. The van der Waals surface area contributed by atoms with E-state index in [1.807, 2.05) is 30.3 Å². The highest BCUT2D eigenvalue weighted by molar-refractivity contribution is 5.72. The molecule has 0 saturated carbocycles. The van der Waals surface area contributed by atoms with Crippen molar-refractivity contribution in [3.8, 4) is 5.75 Å². The minimum absolute atomic E-state index is 0.0775. The first-order valence-electron chi connectivity index (χ1n) is 12.5. The van der Waals surface area contributed by atoms with Crippen LogP contribution in [0.5, 0.6) is 5.75 Å². The Morgan fingerprint density at radius 1 is 1.00 bits per heavy atom. The Bertz CT molecular complexity index is 1210. The molecule has 0 aliphatic carbocycles. The van der Waals surface area contributed by atoms with E-state index in [1.165, 1.54) is 6.92 Å². The first-order chi connectivity index (χ1) is 18.3. The summed E-state index contributed by atoms with van der Waals surface area (Å²) in [7, 11) is 0. The SMILES string of the molecule is CC(=O)NCCCCCOC(=O)OC1=C(C)NC(C)=C([N+](=O)[O-])C1c1ccccc1OCc1ccccc1. The monoisotopic (exact) mass is 523 g/mol. The van der Waals surface area contributed by atoms with Gasteiger partial charge in [0.1, 0.15) is 24.0 Å². The van der Waals surface area contributed by atoms with E-state index < -0.39 is 17.0 Å². The van der Waals surface area contributed by atoms with Gasteiger partial charge in [0.25, 0.3) is 5.70 Å². The molecule has 1 atom stereocenters. The number of hydrogen-bond donors (Lipinski definition) is 2. The van der Waals surface area contributed by atoms with E-state index in [2.05, 4.69) is 10.6 Å². The Kier molecular flexibility index (Phi) is 10.3. The Morgan fingerprint density at radius 3 is 2.42 bits per heavy atom. The average Bonchev–Trinajstić information content (AvgIpc) is 2.88. The van der Waals surface area contributed by atoms with Gasteiger partial charge in [-0.2, -0.15) is 0 Å². The number of allylic oxidation sites excluding steroid dienone is 2. The molecule has 38 heavy (non-hydrogen) atoms. The van der Waals surface area contributed by atoms with E-state index >= 15 is 0 Å². The van der Waals surface area contributed by atoms with Crippen LogP contribution in [0.4, 0.5) is 4.79 Å². The number of ether oxygens (including phenoxy) is 3. The summed E-state index contributed by atoms with van der Waals surface area (Å²) in [6, 6.07) is 16.6. The van der Waals surface area contributed by atoms with Crippen molar-refractivity contribution in [2.75, 3.05) is 13.2 Å². The maximum Gasteiger partial charge on any atom is 0.513 e. The smallest absolute Gasteiger partial charge is 0.489 e. The predicted octanol–water partition coefficient (Wildman–Crippen LogP) is 5.15. The number of nitrogens with one attached hydrogen (secondary N) is 2. The minimum Gasteiger partial charge on any atom is -0.489 e. The van der Waals surface area contributed by atoms with E-state index in [-0.39, 0.29) is 30.6 Å². The highest BCUT2D eigenvalue weighted by Gasteiger charge is 2.41. The number of dihydropyridines is 1. The molecule has 0 radical (unpaired) electrons. The molecular weight excluding hydrogens is 490 g/mol. The van der Waals surface area contributed by atoms with Crippen LogP contribution in [0, 0.1) is 10.1 Å². The Hall–Kier alpha value is -4.34. The van der Waals surface area contributed by atoms with Crippen molar-refractivity contribution < 1.29 is 28.7 Å². The highest BCUT2D eigenvalue weighted by atomic mass is 16.7. The molecule has 1 amide bonds. The third kappa shape index (κ3) is 7.83. The Balaban J connectivity index is 1.77. The van der Waals surface area contributed by atoms with Gasteiger partial charge in [0.15, 0.2) is 0 Å². The lowest BCUT2D eigenvalue weighted by molar-refractivity contribution is -0.431. The molecule has 2 aromatic carbocycles. The van der Waals surface area contributed by atoms with Crippen LogP contribution in [0.1, 0.15) is 57.1 Å². The second-order valence-electron chi connectivity index (χ2n) is 8.87. The molecule has 10 heteroatoms. The van der Waals surface area contributed by atoms with Crippen LogP contribution in [0.25, 0.3) is 0 Å². The van der Waals surface area contributed by atoms with Crippen LogP contribution in [-0.4, -0.2) is 30.1 Å². The molecule has 10 nitrogen and oxygen atoms in total. The zero-order valence-electron chi connectivity index (χ0n) is 21.8. The van der Waals surface area contributed by atoms with E-state index in [0.29, 0.717) is 35.7 Å². The molecule has 3 rings (SSSR count). The second kappa shape index (κ2) is 13.8. The molecule has 0 fully saturated rings. The summed E-state index contributed by atoms with van der Waals surface area (Å²) in [5.74, 6) is -0.566. The normalized spacial score (nSPS) is 15.0. The summed E-state index contributed by atoms with van der Waals surface area (Å²) in [5, 5.41) is 17.8. The predicted molar refractivity (Wildman–Crippen MR) is 140 cm³/mol. The zero-order valence-corrected chi connectivity index (χ0v) is 21.8. The number of unbranched alkanes of at least 4 members (excludes halogenated alkanes) is 2. The van der Waals surface area contributed by atoms with Crippen molar-refractivity contribution in [1.29, 1.82) is 0 Å². The fourth-order valence-electron chi connectivity index (χ4n) is 4.16. The van der Waals surface area contributed by atoms with Crippen molar-refractivity contribution in [3.63, 3.8) is 0 Å². The standard InChI is InChI=1S/C28H33N3O7/c1-19-26(31(34)35)25(23-14-8-9-15-24(23)37-18-22-12-6-4-7-13-22)27(20(2)30-19)38-28(33)36-17-11-5-10-16-29-21(3)32/h4,6-9,12-15,25,30H,5,10-11,16-18H2,1-3H3,(H,29,32). The third-order valence-corrected chi connectivity index (χ3v) is 5.94. The quantitative estimate of drug-likeness (QED) is 0.169. The number of benzene rings is 2. The zero-order chi connectivity index (χ0) is 27.5. The van der Waals surface area contributed by atoms with Crippen molar-refractivity contribution in [1.82, 2.24) is 10.6 Å². The van der Waals surface area contributed by atoms with Crippen LogP contribution in [0.3, 0.4) is 0 Å². The number of nitro groups is 1. The highest BCUT2D eigenvalue weighted by Crippen LogP contribution is 2.42. The molecule has 2 aromatic rings. The lowest BCUT2D eigenvalue weighted by Crippen LogP contribution is -2.30. The van der Waals surface area contributed by atoms with Gasteiger partial charge in [0.05, 0.1) is 22.9 Å². The molecule has 0 spiro atoms. The Labute approximate surface area is 221 Å². The number of carbonyl (C=O) groups is 2. The summed E-state index contributed by atoms with van der Waals surface area (Å²) in [6.45, 7) is 5.70. The van der Waals surface area contributed by atoms with Gasteiger partial charge < -0.3 is 24.8 Å². The van der Waals surface area contributed by atoms with Gasteiger partial charge in [-0.05, 0) is 44.7 Å². The number of para-hydroxylation sites is 1. The van der Waals surface area contributed by atoms with E-state index in [1.54, 1.807) is 38.1 Å². The summed E-state index contributed by atoms with van der Waals surface area (Å²) in [4.78, 5) is 35.2. The van der Waals surface area contributed by atoms with E-state index in [9.17, 15) is 19.7 Å². The van der Waals surface area contributed by atoms with Crippen molar-refractivity contribution in [2.24, 2.45) is 0 Å². The van der Waals surface area contributed by atoms with Crippen LogP contribution in [0.15, 0.2) is 77.4 Å². The summed E-state index contributed by atoms with van der Waals surface area (Å²) < 4.78 is 16.9. The van der Waals surface area contributed by atoms with E-state index in [0.717, 1.165) is 18.4 Å². The van der Waals surface area contributed by atoms with Crippen molar-refractivity contribution in [2.45, 2.75) is 52.6 Å². The summed E-state index contributed by atoms with van der Waals surface area (Å²) >= 11 is 0. The molecule has 0 saturated heterocycles. The molecule has 2 N–H and O–H groups in total. The molecule has 202 valence electrons. The number of carbonyl (C=O) groups excluding carboxylic acids is 2.